The molecule has 0 aromatic heterocycles. The number of guanidine groups is 1. The van der Waals surface area contributed by atoms with Crippen LogP contribution in [-0.4, -0.2) is 49.1 Å². The van der Waals surface area contributed by atoms with Crippen molar-refractivity contribution in [2.24, 2.45) is 10.9 Å². The van der Waals surface area contributed by atoms with Crippen LogP contribution in [0, 0.1) is 5.92 Å². The van der Waals surface area contributed by atoms with Crippen LogP contribution in [0.3, 0.4) is 0 Å². The Morgan fingerprint density at radius 2 is 1.84 bits per heavy atom. The lowest BCUT2D eigenvalue weighted by molar-refractivity contribution is 0.167. The van der Waals surface area contributed by atoms with Crippen LogP contribution in [0.25, 0.3) is 0 Å². The van der Waals surface area contributed by atoms with Crippen molar-refractivity contribution in [1.82, 2.24) is 15.5 Å². The van der Waals surface area contributed by atoms with E-state index >= 15 is 0 Å². The third-order valence-corrected chi connectivity index (χ3v) is 3.56. The van der Waals surface area contributed by atoms with Gasteiger partial charge in [0, 0.05) is 38.3 Å². The fourth-order valence-electron chi connectivity index (χ4n) is 2.35. The van der Waals surface area contributed by atoms with E-state index in [1.54, 1.807) is 0 Å². The highest BCUT2D eigenvalue weighted by molar-refractivity contribution is 5.80. The van der Waals surface area contributed by atoms with Gasteiger partial charge in [-0.15, -0.1) is 0 Å². The fraction of sp³-hybridized carbons (Fsp3) is 0.933. The van der Waals surface area contributed by atoms with Gasteiger partial charge in [-0.1, -0.05) is 13.8 Å². The summed E-state index contributed by atoms with van der Waals surface area (Å²) in [6.07, 6.45) is 2.43. The molecule has 0 amide bonds. The second-order valence-corrected chi connectivity index (χ2v) is 6.16. The minimum atomic E-state index is 0.569. The van der Waals surface area contributed by atoms with Crippen LogP contribution < -0.4 is 10.6 Å². The average Bonchev–Trinajstić information content (AvgIpc) is 2.37. The molecular formula is C15H32N4. The molecule has 0 spiro atoms. The van der Waals surface area contributed by atoms with Crippen molar-refractivity contribution in [3.63, 3.8) is 0 Å². The summed E-state index contributed by atoms with van der Waals surface area (Å²) < 4.78 is 0. The molecular weight excluding hydrogens is 236 g/mol. The highest BCUT2D eigenvalue weighted by atomic mass is 15.2. The number of hydrogen-bond donors (Lipinski definition) is 2. The normalized spacial score (nSPS) is 19.2. The van der Waals surface area contributed by atoms with Crippen molar-refractivity contribution in [2.75, 3.05) is 26.2 Å². The maximum Gasteiger partial charge on any atom is 0.191 e. The summed E-state index contributed by atoms with van der Waals surface area (Å²) >= 11 is 0. The first-order chi connectivity index (χ1) is 9.02. The Bertz CT molecular complexity index is 265. The van der Waals surface area contributed by atoms with Crippen LogP contribution in [0.15, 0.2) is 4.99 Å². The van der Waals surface area contributed by atoms with E-state index in [0.717, 1.165) is 19.0 Å². The van der Waals surface area contributed by atoms with Gasteiger partial charge in [-0.25, -0.2) is 0 Å². The summed E-state index contributed by atoms with van der Waals surface area (Å²) in [6, 6.07) is 1.24. The molecule has 0 aromatic carbocycles. The maximum atomic E-state index is 4.64. The van der Waals surface area contributed by atoms with Gasteiger partial charge >= 0.3 is 0 Å². The Morgan fingerprint density at radius 3 is 2.32 bits per heavy atom. The molecule has 2 N–H and O–H groups in total. The smallest absolute Gasteiger partial charge is 0.191 e. The predicted octanol–water partition coefficient (Wildman–Crippen LogP) is 2.07. The molecule has 4 nitrogen and oxygen atoms in total. The van der Waals surface area contributed by atoms with Crippen molar-refractivity contribution in [2.45, 2.75) is 59.5 Å². The van der Waals surface area contributed by atoms with E-state index in [-0.39, 0.29) is 0 Å². The summed E-state index contributed by atoms with van der Waals surface area (Å²) in [5, 5.41) is 6.93. The van der Waals surface area contributed by atoms with E-state index in [1.165, 1.54) is 25.9 Å². The molecule has 1 aliphatic rings. The van der Waals surface area contributed by atoms with E-state index in [2.05, 4.69) is 55.1 Å². The molecule has 1 fully saturated rings. The second kappa shape index (κ2) is 8.41. The van der Waals surface area contributed by atoms with Gasteiger partial charge in [-0.3, -0.25) is 4.99 Å². The Hall–Kier alpha value is -0.770. The number of nitrogens with one attached hydrogen (secondary N) is 2. The van der Waals surface area contributed by atoms with Gasteiger partial charge in [0.25, 0.3) is 0 Å². The lowest BCUT2D eigenvalue weighted by Gasteiger charge is -2.35. The quantitative estimate of drug-likeness (QED) is 0.592. The number of hydrogen-bond acceptors (Lipinski definition) is 2. The monoisotopic (exact) mass is 268 g/mol. The summed E-state index contributed by atoms with van der Waals surface area (Å²) in [4.78, 5) is 7.19. The van der Waals surface area contributed by atoms with Crippen LogP contribution in [0.4, 0.5) is 0 Å². The van der Waals surface area contributed by atoms with Gasteiger partial charge in [0.1, 0.15) is 0 Å². The number of rotatable bonds is 5. The van der Waals surface area contributed by atoms with Crippen LogP contribution in [-0.2, 0) is 0 Å². The van der Waals surface area contributed by atoms with E-state index in [0.29, 0.717) is 18.0 Å². The maximum absolute atomic E-state index is 4.64. The fourth-order valence-corrected chi connectivity index (χ4v) is 2.35. The molecule has 0 aromatic rings. The highest BCUT2D eigenvalue weighted by Crippen LogP contribution is 2.12. The predicted molar refractivity (Wildman–Crippen MR) is 83.7 cm³/mol. The van der Waals surface area contributed by atoms with Gasteiger partial charge < -0.3 is 15.5 Å². The zero-order valence-electron chi connectivity index (χ0n) is 13.4. The molecule has 0 aliphatic carbocycles. The molecule has 4 heteroatoms. The first-order valence-corrected chi connectivity index (χ1v) is 7.81. The SMILES string of the molecule is CCNC(=NCC(C)C)NC1CCN(C(C)C)CC1. The lowest BCUT2D eigenvalue weighted by atomic mass is 10.0. The number of aliphatic imine (C=N–C) groups is 1. The van der Waals surface area contributed by atoms with Crippen molar-refractivity contribution in [3.05, 3.63) is 0 Å². The molecule has 0 bridgehead atoms. The van der Waals surface area contributed by atoms with Gasteiger partial charge in [0.2, 0.25) is 0 Å². The van der Waals surface area contributed by atoms with Crippen LogP contribution >= 0.6 is 0 Å². The van der Waals surface area contributed by atoms with Crippen LogP contribution in [0.2, 0.25) is 0 Å². The van der Waals surface area contributed by atoms with Gasteiger partial charge in [0.05, 0.1) is 0 Å². The van der Waals surface area contributed by atoms with Crippen LogP contribution in [0.5, 0.6) is 0 Å². The molecule has 0 radical (unpaired) electrons. The van der Waals surface area contributed by atoms with Gasteiger partial charge in [-0.2, -0.15) is 0 Å². The lowest BCUT2D eigenvalue weighted by Crippen LogP contribution is -2.49. The van der Waals surface area contributed by atoms with E-state index in [1.807, 2.05) is 0 Å². The summed E-state index contributed by atoms with van der Waals surface area (Å²) in [5.74, 6) is 1.59. The van der Waals surface area contributed by atoms with Crippen LogP contribution in [0.1, 0.15) is 47.5 Å². The van der Waals surface area contributed by atoms with Crippen molar-refractivity contribution >= 4 is 5.96 Å². The number of piperidine rings is 1. The molecule has 112 valence electrons. The molecule has 0 unspecified atom stereocenters. The average molecular weight is 268 g/mol. The topological polar surface area (TPSA) is 39.7 Å². The third kappa shape index (κ3) is 6.28. The Balaban J connectivity index is 2.41. The van der Waals surface area contributed by atoms with E-state index in [4.69, 9.17) is 0 Å². The molecule has 1 rings (SSSR count). The zero-order chi connectivity index (χ0) is 14.3. The molecule has 1 aliphatic heterocycles. The third-order valence-electron chi connectivity index (χ3n) is 3.56. The first-order valence-electron chi connectivity index (χ1n) is 7.81. The van der Waals surface area contributed by atoms with E-state index in [9.17, 15) is 0 Å². The summed E-state index contributed by atoms with van der Waals surface area (Å²) in [5.41, 5.74) is 0. The van der Waals surface area contributed by atoms with Crippen molar-refractivity contribution < 1.29 is 0 Å². The minimum absolute atomic E-state index is 0.569. The Kier molecular flexibility index (Phi) is 7.21. The summed E-state index contributed by atoms with van der Waals surface area (Å²) in [7, 11) is 0. The zero-order valence-corrected chi connectivity index (χ0v) is 13.4. The standard InChI is InChI=1S/C15H32N4/c1-6-16-15(17-11-12(2)3)18-14-7-9-19(10-8-14)13(4)5/h12-14H,6-11H2,1-5H3,(H2,16,17,18). The van der Waals surface area contributed by atoms with Gasteiger partial charge in [0.15, 0.2) is 5.96 Å². The minimum Gasteiger partial charge on any atom is -0.357 e. The highest BCUT2D eigenvalue weighted by Gasteiger charge is 2.21. The van der Waals surface area contributed by atoms with Crippen molar-refractivity contribution in [1.29, 1.82) is 0 Å². The largest absolute Gasteiger partial charge is 0.357 e. The summed E-state index contributed by atoms with van der Waals surface area (Å²) in [6.45, 7) is 15.3. The molecule has 0 saturated carbocycles. The molecule has 1 saturated heterocycles. The van der Waals surface area contributed by atoms with E-state index < -0.39 is 0 Å². The molecule has 1 heterocycles. The number of likely N-dealkylation sites (tertiary alicyclic amines) is 1. The first kappa shape index (κ1) is 16.3. The Morgan fingerprint density at radius 1 is 1.21 bits per heavy atom. The second-order valence-electron chi connectivity index (χ2n) is 6.16. The Labute approximate surface area is 119 Å². The number of nitrogens with zero attached hydrogens (tertiary/aromatic N) is 2. The molecule has 0 atom stereocenters. The van der Waals surface area contributed by atoms with Crippen molar-refractivity contribution in [3.8, 4) is 0 Å². The molecule has 19 heavy (non-hydrogen) atoms. The van der Waals surface area contributed by atoms with Gasteiger partial charge in [-0.05, 0) is 39.5 Å².